The number of methoxy groups -OCH3 is 1. The molecule has 1 heterocycles. The lowest BCUT2D eigenvalue weighted by Crippen LogP contribution is -2.22. The maximum atomic E-state index is 11.7. The topological polar surface area (TPSA) is 51.3 Å². The van der Waals surface area contributed by atoms with Gasteiger partial charge < -0.3 is 19.1 Å². The van der Waals surface area contributed by atoms with Crippen LogP contribution in [0.1, 0.15) is 11.7 Å². The number of hydrogen-bond donors (Lipinski definition) is 0. The number of rotatable bonds is 6. The molecule has 1 saturated heterocycles. The molecule has 19 heavy (non-hydrogen) atoms. The van der Waals surface area contributed by atoms with Crippen LogP contribution < -0.4 is 4.74 Å². The van der Waals surface area contributed by atoms with Crippen molar-refractivity contribution in [2.75, 3.05) is 34.4 Å². The Hall–Kier alpha value is -1.59. The molecule has 0 aromatic heterocycles. The Balaban J connectivity index is 1.81. The van der Waals surface area contributed by atoms with Gasteiger partial charge >= 0.3 is 5.97 Å². The zero-order valence-electron chi connectivity index (χ0n) is 11.5. The Labute approximate surface area is 113 Å². The third kappa shape index (κ3) is 3.68. The summed E-state index contributed by atoms with van der Waals surface area (Å²) in [4.78, 5) is 13.7. The number of esters is 1. The SMILES string of the molecule is COc1ccc([C@H]2O[C@@H]2C(=O)OCCN(C)C)cc1. The highest BCUT2D eigenvalue weighted by Gasteiger charge is 2.47. The van der Waals surface area contributed by atoms with Crippen molar-refractivity contribution in [1.82, 2.24) is 4.90 Å². The van der Waals surface area contributed by atoms with E-state index in [2.05, 4.69) is 0 Å². The molecule has 0 unspecified atom stereocenters. The molecule has 0 amide bonds. The maximum Gasteiger partial charge on any atom is 0.338 e. The quantitative estimate of drug-likeness (QED) is 0.572. The number of epoxide rings is 1. The van der Waals surface area contributed by atoms with Gasteiger partial charge in [-0.15, -0.1) is 0 Å². The minimum Gasteiger partial charge on any atom is -0.497 e. The van der Waals surface area contributed by atoms with Gasteiger partial charge in [0.2, 0.25) is 0 Å². The molecule has 0 aliphatic carbocycles. The summed E-state index contributed by atoms with van der Waals surface area (Å²) in [6.07, 6.45) is -0.645. The maximum absolute atomic E-state index is 11.7. The summed E-state index contributed by atoms with van der Waals surface area (Å²) in [7, 11) is 5.48. The summed E-state index contributed by atoms with van der Waals surface area (Å²) in [6.45, 7) is 1.10. The molecule has 0 radical (unpaired) electrons. The van der Waals surface area contributed by atoms with Gasteiger partial charge in [-0.3, -0.25) is 0 Å². The molecule has 1 aromatic carbocycles. The minimum atomic E-state index is -0.462. The summed E-state index contributed by atoms with van der Waals surface area (Å²) in [5, 5.41) is 0. The van der Waals surface area contributed by atoms with Crippen LogP contribution in [0.5, 0.6) is 5.75 Å². The van der Waals surface area contributed by atoms with Gasteiger partial charge in [-0.2, -0.15) is 0 Å². The van der Waals surface area contributed by atoms with Crippen LogP contribution in [0, 0.1) is 0 Å². The summed E-state index contributed by atoms with van der Waals surface area (Å²) >= 11 is 0. The third-order valence-corrected chi connectivity index (χ3v) is 2.95. The number of ether oxygens (including phenoxy) is 3. The molecule has 0 bridgehead atoms. The van der Waals surface area contributed by atoms with E-state index in [1.54, 1.807) is 7.11 Å². The molecule has 0 saturated carbocycles. The van der Waals surface area contributed by atoms with E-state index in [1.165, 1.54) is 0 Å². The molecule has 5 nitrogen and oxygen atoms in total. The average Bonchev–Trinajstić information content (AvgIpc) is 3.18. The first-order chi connectivity index (χ1) is 9.11. The van der Waals surface area contributed by atoms with Crippen LogP contribution in [0.3, 0.4) is 0 Å². The average molecular weight is 265 g/mol. The van der Waals surface area contributed by atoms with Crippen molar-refractivity contribution in [2.24, 2.45) is 0 Å². The van der Waals surface area contributed by atoms with Crippen LogP contribution in [0.15, 0.2) is 24.3 Å². The molecule has 1 aliphatic heterocycles. The van der Waals surface area contributed by atoms with Crippen molar-refractivity contribution in [3.8, 4) is 5.75 Å². The van der Waals surface area contributed by atoms with Gasteiger partial charge in [-0.05, 0) is 31.8 Å². The number of likely N-dealkylation sites (N-methyl/N-ethyl adjacent to an activating group) is 1. The number of carbonyl (C=O) groups excluding carboxylic acids is 1. The minimum absolute atomic E-state index is 0.183. The number of nitrogens with zero attached hydrogens (tertiary/aromatic N) is 1. The van der Waals surface area contributed by atoms with Gasteiger partial charge in [0.1, 0.15) is 18.5 Å². The van der Waals surface area contributed by atoms with E-state index in [4.69, 9.17) is 14.2 Å². The molecule has 1 aliphatic rings. The second-order valence-electron chi connectivity index (χ2n) is 4.72. The van der Waals surface area contributed by atoms with E-state index in [1.807, 2.05) is 43.3 Å². The summed E-state index contributed by atoms with van der Waals surface area (Å²) in [5.74, 6) is 0.497. The first kappa shape index (κ1) is 13.8. The fourth-order valence-electron chi connectivity index (χ4n) is 1.75. The molecule has 104 valence electrons. The second kappa shape index (κ2) is 6.04. The van der Waals surface area contributed by atoms with Crippen LogP contribution in [0.2, 0.25) is 0 Å². The van der Waals surface area contributed by atoms with E-state index < -0.39 is 6.10 Å². The molecule has 1 fully saturated rings. The number of benzene rings is 1. The summed E-state index contributed by atoms with van der Waals surface area (Å²) in [6, 6.07) is 7.50. The highest BCUT2D eigenvalue weighted by Crippen LogP contribution is 2.39. The third-order valence-electron chi connectivity index (χ3n) is 2.95. The van der Waals surface area contributed by atoms with Crippen molar-refractivity contribution in [3.63, 3.8) is 0 Å². The van der Waals surface area contributed by atoms with Gasteiger partial charge in [0.05, 0.1) is 7.11 Å². The molecule has 1 aromatic rings. The van der Waals surface area contributed by atoms with Crippen LogP contribution >= 0.6 is 0 Å². The van der Waals surface area contributed by atoms with Gasteiger partial charge in [-0.1, -0.05) is 12.1 Å². The second-order valence-corrected chi connectivity index (χ2v) is 4.72. The first-order valence-corrected chi connectivity index (χ1v) is 6.22. The molecular weight excluding hydrogens is 246 g/mol. The normalized spacial score (nSPS) is 21.3. The lowest BCUT2D eigenvalue weighted by Gasteiger charge is -2.08. The fraction of sp³-hybridized carbons (Fsp3) is 0.500. The zero-order valence-corrected chi connectivity index (χ0v) is 11.5. The van der Waals surface area contributed by atoms with E-state index in [9.17, 15) is 4.79 Å². The number of carbonyl (C=O) groups is 1. The molecular formula is C14H19NO4. The molecule has 2 atom stereocenters. The molecule has 0 spiro atoms. The lowest BCUT2D eigenvalue weighted by molar-refractivity contribution is -0.145. The van der Waals surface area contributed by atoms with Crippen molar-refractivity contribution < 1.29 is 19.0 Å². The predicted octanol–water partition coefficient (Wildman–Crippen LogP) is 1.24. The lowest BCUT2D eigenvalue weighted by atomic mass is 10.1. The predicted molar refractivity (Wildman–Crippen MR) is 70.1 cm³/mol. The van der Waals surface area contributed by atoms with Gasteiger partial charge in [0.15, 0.2) is 6.10 Å². The monoisotopic (exact) mass is 265 g/mol. The van der Waals surface area contributed by atoms with Gasteiger partial charge in [0.25, 0.3) is 0 Å². The van der Waals surface area contributed by atoms with Crippen LogP contribution in [-0.4, -0.2) is 51.3 Å². The Morgan fingerprint density at radius 1 is 1.32 bits per heavy atom. The Morgan fingerprint density at radius 3 is 2.58 bits per heavy atom. The van der Waals surface area contributed by atoms with Crippen molar-refractivity contribution in [3.05, 3.63) is 29.8 Å². The molecule has 2 rings (SSSR count). The van der Waals surface area contributed by atoms with Gasteiger partial charge in [-0.25, -0.2) is 4.79 Å². The molecule has 5 heteroatoms. The summed E-state index contributed by atoms with van der Waals surface area (Å²) in [5.41, 5.74) is 0.968. The Morgan fingerprint density at radius 2 is 2.00 bits per heavy atom. The first-order valence-electron chi connectivity index (χ1n) is 6.22. The van der Waals surface area contributed by atoms with Crippen LogP contribution in [0.4, 0.5) is 0 Å². The van der Waals surface area contributed by atoms with Gasteiger partial charge in [0, 0.05) is 6.54 Å². The largest absolute Gasteiger partial charge is 0.497 e. The highest BCUT2D eigenvalue weighted by molar-refractivity contribution is 5.78. The highest BCUT2D eigenvalue weighted by atomic mass is 16.6. The van der Waals surface area contributed by atoms with E-state index >= 15 is 0 Å². The van der Waals surface area contributed by atoms with Crippen molar-refractivity contribution >= 4 is 5.97 Å². The molecule has 0 N–H and O–H groups in total. The number of hydrogen-bond acceptors (Lipinski definition) is 5. The van der Waals surface area contributed by atoms with Crippen molar-refractivity contribution in [1.29, 1.82) is 0 Å². The van der Waals surface area contributed by atoms with E-state index in [0.29, 0.717) is 13.2 Å². The Bertz CT molecular complexity index is 430. The fourth-order valence-corrected chi connectivity index (χ4v) is 1.75. The van der Waals surface area contributed by atoms with Crippen LogP contribution in [-0.2, 0) is 14.3 Å². The standard InChI is InChI=1S/C14H19NO4/c1-15(2)8-9-18-14(16)13-12(19-13)10-4-6-11(17-3)7-5-10/h4-7,12-13H,8-9H2,1-3H3/t12-,13+/m1/s1. The van der Waals surface area contributed by atoms with E-state index in [0.717, 1.165) is 11.3 Å². The zero-order chi connectivity index (χ0) is 13.8. The van der Waals surface area contributed by atoms with Crippen molar-refractivity contribution in [2.45, 2.75) is 12.2 Å². The smallest absolute Gasteiger partial charge is 0.338 e. The van der Waals surface area contributed by atoms with Crippen LogP contribution in [0.25, 0.3) is 0 Å². The van der Waals surface area contributed by atoms with E-state index in [-0.39, 0.29) is 12.1 Å². The Kier molecular flexibility index (Phi) is 4.39. The summed E-state index contributed by atoms with van der Waals surface area (Å²) < 4.78 is 15.6.